The molecule has 0 saturated heterocycles. The van der Waals surface area contributed by atoms with E-state index in [1.165, 1.54) is 308 Å². The lowest BCUT2D eigenvalue weighted by molar-refractivity contribution is 0.563. The fourth-order valence-electron chi connectivity index (χ4n) is 11.9. The maximum absolute atomic E-state index is 5.55. The minimum Gasteiger partial charge on any atom is -0.341 e. The Hall–Kier alpha value is -3.18. The molecule has 2 rings (SSSR count). The molecule has 0 N–H and O–H groups in total. The van der Waals surface area contributed by atoms with Crippen LogP contribution in [0.15, 0.2) is 0 Å². The van der Waals surface area contributed by atoms with Gasteiger partial charge in [0.25, 0.3) is 0 Å². The van der Waals surface area contributed by atoms with E-state index in [2.05, 4.69) is 98.9 Å². The first kappa shape index (κ1) is 83.8. The number of unbranched alkanes of at least 4 members (excludes halogenated alkanes) is 40. The normalized spacial score (nSPS) is 11.2. The van der Waals surface area contributed by atoms with Crippen molar-refractivity contribution in [1.29, 1.82) is 0 Å². The summed E-state index contributed by atoms with van der Waals surface area (Å²) in [6, 6.07) is 0. The molecule has 12 heteroatoms. The molecule has 0 unspecified atom stereocenters. The molecular weight excluding hydrogens is 1070 g/mol. The van der Waals surface area contributed by atoms with Crippen LogP contribution in [0.4, 0.5) is 35.7 Å². The molecule has 512 valence electrons. The van der Waals surface area contributed by atoms with Crippen molar-refractivity contribution in [2.75, 3.05) is 103 Å². The first-order chi connectivity index (χ1) is 41.8. The second-order valence-corrected chi connectivity index (χ2v) is 26.1. The molecule has 0 radical (unpaired) electrons. The van der Waals surface area contributed by atoms with Crippen LogP contribution in [-0.4, -0.2) is 103 Å². The van der Waals surface area contributed by atoms with E-state index in [1.807, 2.05) is 0 Å². The Labute approximate surface area is 544 Å². The van der Waals surface area contributed by atoms with Crippen LogP contribution in [0.2, 0.25) is 0 Å². The van der Waals surface area contributed by atoms with Gasteiger partial charge in [0, 0.05) is 66.5 Å². The van der Waals surface area contributed by atoms with E-state index in [0.29, 0.717) is 6.67 Å². The van der Waals surface area contributed by atoms with Gasteiger partial charge >= 0.3 is 0 Å². The third-order valence-corrected chi connectivity index (χ3v) is 17.7. The Morgan fingerprint density at radius 2 is 0.310 bits per heavy atom. The summed E-state index contributed by atoms with van der Waals surface area (Å²) in [4.78, 5) is 47.9. The van der Waals surface area contributed by atoms with E-state index < -0.39 is 0 Å². The first-order valence-electron chi connectivity index (χ1n) is 37.7. The van der Waals surface area contributed by atoms with Gasteiger partial charge < -0.3 is 29.4 Å². The zero-order chi connectivity index (χ0) is 61.5. The molecule has 0 aliphatic rings. The second-order valence-electron chi connectivity index (χ2n) is 26.1. The summed E-state index contributed by atoms with van der Waals surface area (Å²) in [5.41, 5.74) is 0. The Morgan fingerprint density at radius 1 is 0.184 bits per heavy atom. The predicted octanol–water partition coefficient (Wildman–Crippen LogP) is 23.0. The summed E-state index contributed by atoms with van der Waals surface area (Å²) in [6.45, 7) is 27.0. The van der Waals surface area contributed by atoms with Crippen molar-refractivity contribution in [3.05, 3.63) is 0 Å². The summed E-state index contributed by atoms with van der Waals surface area (Å²) in [7, 11) is 4.37. The molecule has 2 aromatic rings. The highest BCUT2D eigenvalue weighted by Crippen LogP contribution is 2.26. The van der Waals surface area contributed by atoms with Gasteiger partial charge in [0.05, 0.1) is 6.67 Å². The van der Waals surface area contributed by atoms with E-state index in [9.17, 15) is 0 Å². The van der Waals surface area contributed by atoms with Crippen LogP contribution in [0, 0.1) is 0 Å². The quantitative estimate of drug-likeness (QED) is 0.0466. The molecule has 0 amide bonds. The summed E-state index contributed by atoms with van der Waals surface area (Å²) < 4.78 is 0. The topological polar surface area (TPSA) is 96.8 Å². The van der Waals surface area contributed by atoms with E-state index >= 15 is 0 Å². The van der Waals surface area contributed by atoms with E-state index in [-0.39, 0.29) is 14.9 Å². The largest absolute Gasteiger partial charge is 0.341 e. The number of hydrogen-bond acceptors (Lipinski definition) is 12. The lowest BCUT2D eigenvalue weighted by atomic mass is 10.1. The molecular formula is C75H152N12. The van der Waals surface area contributed by atoms with Gasteiger partial charge in [-0.05, 0) is 51.4 Å². The van der Waals surface area contributed by atoms with Crippen molar-refractivity contribution in [2.45, 2.75) is 378 Å². The number of rotatable bonds is 64. The van der Waals surface area contributed by atoms with Crippen molar-refractivity contribution < 1.29 is 0 Å². The monoisotopic (exact) mass is 1220 g/mol. The predicted molar refractivity (Wildman–Crippen MR) is 391 cm³/mol. The minimum absolute atomic E-state index is 0. The van der Waals surface area contributed by atoms with Crippen LogP contribution < -0.4 is 29.4 Å². The zero-order valence-corrected chi connectivity index (χ0v) is 58.7. The second kappa shape index (κ2) is 60.4. The maximum atomic E-state index is 5.55. The van der Waals surface area contributed by atoms with Gasteiger partial charge in [-0.25, -0.2) is 0 Å². The fourth-order valence-corrected chi connectivity index (χ4v) is 11.9. The van der Waals surface area contributed by atoms with Crippen molar-refractivity contribution >= 4 is 35.7 Å². The zero-order valence-electron chi connectivity index (χ0n) is 58.7. The van der Waals surface area contributed by atoms with Crippen molar-refractivity contribution in [2.24, 2.45) is 0 Å². The SMILES string of the molecule is C.C.CCCCCCCCN(CCCCCCCC)c1nc(N(C)CN(C)c2nc(N(CCCCCCCC)CCCCCCCC)nc(N(CCCCCCCC)CCCCCCCC)n2)nc(N(CCCCCCCC)CCCCCCCC)n1. The van der Waals surface area contributed by atoms with Crippen LogP contribution in [-0.2, 0) is 0 Å². The van der Waals surface area contributed by atoms with Gasteiger partial charge in [-0.3, -0.25) is 0 Å². The van der Waals surface area contributed by atoms with Crippen molar-refractivity contribution in [1.82, 2.24) is 29.9 Å². The van der Waals surface area contributed by atoms with Gasteiger partial charge in [-0.1, -0.05) is 327 Å². The molecule has 0 aromatic carbocycles. The molecule has 0 saturated carbocycles. The Balaban J connectivity index is 0.0000370. The third kappa shape index (κ3) is 42.5. The fraction of sp³-hybridized carbons (Fsp3) is 0.920. The van der Waals surface area contributed by atoms with Crippen LogP contribution >= 0.6 is 0 Å². The Bertz CT molecular complexity index is 1450. The maximum Gasteiger partial charge on any atom is 0.233 e. The summed E-state index contributed by atoms with van der Waals surface area (Å²) in [6.07, 6.45) is 61.3. The van der Waals surface area contributed by atoms with Crippen LogP contribution in [0.25, 0.3) is 0 Å². The molecule has 0 bridgehead atoms. The average molecular weight is 1220 g/mol. The van der Waals surface area contributed by atoms with E-state index in [0.717, 1.165) is 88.0 Å². The molecule has 2 aromatic heterocycles. The highest BCUT2D eigenvalue weighted by Gasteiger charge is 2.24. The van der Waals surface area contributed by atoms with E-state index in [1.54, 1.807) is 0 Å². The summed E-state index contributed by atoms with van der Waals surface area (Å²) in [5, 5.41) is 0. The standard InChI is InChI=1S/C73H144N12.2CH4/c1-11-19-27-35-43-51-59-82(60-52-44-36-28-20-12-2)70-74-68(75-71(78-70)83(61-53-45-37-29-21-13-3)62-54-46-38-30-22-14-4)80(9)67-81(10)69-76-72(84(63-55-47-39-31-23-15-5)64-56-48-40-32-24-16-6)79-73(77-69)85(65-57-49-41-33-25-17-7)66-58-50-42-34-26-18-8;;/h11-67H2,1-10H3;2*1H4. The van der Waals surface area contributed by atoms with Gasteiger partial charge in [-0.2, -0.15) is 29.9 Å². The number of hydrogen-bond donors (Lipinski definition) is 0. The molecule has 0 fully saturated rings. The van der Waals surface area contributed by atoms with Crippen LogP contribution in [0.3, 0.4) is 0 Å². The van der Waals surface area contributed by atoms with Gasteiger partial charge in [0.1, 0.15) is 0 Å². The summed E-state index contributed by atoms with van der Waals surface area (Å²) in [5.74, 6) is 4.92. The Morgan fingerprint density at radius 3 is 0.460 bits per heavy atom. The molecule has 0 atom stereocenters. The molecule has 2 heterocycles. The molecule has 0 aliphatic heterocycles. The highest BCUT2D eigenvalue weighted by molar-refractivity contribution is 5.50. The number of aromatic nitrogens is 6. The van der Waals surface area contributed by atoms with Gasteiger partial charge in [-0.15, -0.1) is 0 Å². The van der Waals surface area contributed by atoms with Crippen LogP contribution in [0.5, 0.6) is 0 Å². The van der Waals surface area contributed by atoms with Gasteiger partial charge in [0.15, 0.2) is 0 Å². The lowest BCUT2D eigenvalue weighted by Gasteiger charge is -2.31. The number of anilines is 6. The minimum atomic E-state index is 0. The van der Waals surface area contributed by atoms with Crippen LogP contribution in [0.1, 0.15) is 378 Å². The summed E-state index contributed by atoms with van der Waals surface area (Å²) >= 11 is 0. The van der Waals surface area contributed by atoms with Gasteiger partial charge in [0.2, 0.25) is 35.7 Å². The smallest absolute Gasteiger partial charge is 0.233 e. The first-order valence-corrected chi connectivity index (χ1v) is 37.7. The molecule has 12 nitrogen and oxygen atoms in total. The average Bonchev–Trinajstić information content (AvgIpc) is 2.82. The molecule has 87 heavy (non-hydrogen) atoms. The van der Waals surface area contributed by atoms with E-state index in [4.69, 9.17) is 29.9 Å². The van der Waals surface area contributed by atoms with Crippen molar-refractivity contribution in [3.8, 4) is 0 Å². The lowest BCUT2D eigenvalue weighted by Crippen LogP contribution is -2.38. The highest BCUT2D eigenvalue weighted by atomic mass is 15.4. The Kier molecular flexibility index (Phi) is 58.2. The molecule has 0 spiro atoms. The molecule has 0 aliphatic carbocycles. The third-order valence-electron chi connectivity index (χ3n) is 17.7. The number of nitrogens with zero attached hydrogens (tertiary/aromatic N) is 12. The van der Waals surface area contributed by atoms with Crippen molar-refractivity contribution in [3.63, 3.8) is 0 Å².